The van der Waals surface area contributed by atoms with Crippen molar-refractivity contribution in [2.75, 3.05) is 13.2 Å². The number of benzene rings is 1. The summed E-state index contributed by atoms with van der Waals surface area (Å²) in [5.41, 5.74) is 0.206. The first-order valence-electron chi connectivity index (χ1n) is 4.92. The van der Waals surface area contributed by atoms with Crippen LogP contribution in [-0.2, 0) is 9.47 Å². The van der Waals surface area contributed by atoms with Gasteiger partial charge in [-0.1, -0.05) is 0 Å². The summed E-state index contributed by atoms with van der Waals surface area (Å²) in [5, 5.41) is 17.8. The fraction of sp³-hybridized carbons (Fsp3) is 0.273. The van der Waals surface area contributed by atoms with Gasteiger partial charge in [0.2, 0.25) is 0 Å². The molecule has 1 aliphatic rings. The third-order valence-electron chi connectivity index (χ3n) is 2.34. The van der Waals surface area contributed by atoms with Crippen LogP contribution in [0, 0.1) is 0 Å². The van der Waals surface area contributed by atoms with E-state index < -0.39 is 18.2 Å². The highest BCUT2D eigenvalue weighted by Crippen LogP contribution is 2.25. The first kappa shape index (κ1) is 11.6. The van der Waals surface area contributed by atoms with Gasteiger partial charge in [0.25, 0.3) is 0 Å². The van der Waals surface area contributed by atoms with E-state index in [0.717, 1.165) is 6.07 Å². The quantitative estimate of drug-likeness (QED) is 0.819. The van der Waals surface area contributed by atoms with Crippen LogP contribution >= 0.6 is 0 Å². The number of aromatic carboxylic acids is 2. The van der Waals surface area contributed by atoms with Crippen LogP contribution in [0.5, 0.6) is 0 Å². The minimum Gasteiger partial charge on any atom is -0.478 e. The van der Waals surface area contributed by atoms with E-state index in [-0.39, 0.29) is 11.1 Å². The molecule has 0 saturated carbocycles. The molecule has 2 rings (SSSR count). The predicted molar refractivity (Wildman–Crippen MR) is 55.0 cm³/mol. The molecule has 1 aromatic carbocycles. The summed E-state index contributed by atoms with van der Waals surface area (Å²) in [6, 6.07) is 3.80. The highest BCUT2D eigenvalue weighted by Gasteiger charge is 2.21. The summed E-state index contributed by atoms with van der Waals surface area (Å²) >= 11 is 0. The zero-order valence-corrected chi connectivity index (χ0v) is 8.75. The number of carboxylic acid groups (broad SMARTS) is 2. The second-order valence-electron chi connectivity index (χ2n) is 3.53. The molecule has 1 fully saturated rings. The smallest absolute Gasteiger partial charge is 0.335 e. The number of carboxylic acids is 2. The maximum atomic E-state index is 10.9. The molecule has 6 nitrogen and oxygen atoms in total. The van der Waals surface area contributed by atoms with E-state index >= 15 is 0 Å². The zero-order chi connectivity index (χ0) is 12.4. The fourth-order valence-electron chi connectivity index (χ4n) is 1.59. The lowest BCUT2D eigenvalue weighted by Gasteiger charge is -2.11. The molecular weight excluding hydrogens is 228 g/mol. The Morgan fingerprint density at radius 1 is 1.00 bits per heavy atom. The van der Waals surface area contributed by atoms with Crippen LogP contribution in [0.3, 0.4) is 0 Å². The van der Waals surface area contributed by atoms with Crippen LogP contribution < -0.4 is 0 Å². The third-order valence-corrected chi connectivity index (χ3v) is 2.34. The van der Waals surface area contributed by atoms with Crippen molar-refractivity contribution in [3.8, 4) is 0 Å². The predicted octanol–water partition coefficient (Wildman–Crippen LogP) is 1.13. The average Bonchev–Trinajstić information content (AvgIpc) is 2.81. The summed E-state index contributed by atoms with van der Waals surface area (Å²) < 4.78 is 10.4. The molecule has 90 valence electrons. The second kappa shape index (κ2) is 4.52. The zero-order valence-electron chi connectivity index (χ0n) is 8.75. The van der Waals surface area contributed by atoms with Crippen LogP contribution in [0.1, 0.15) is 32.6 Å². The summed E-state index contributed by atoms with van der Waals surface area (Å²) in [6.45, 7) is 0.814. The van der Waals surface area contributed by atoms with Gasteiger partial charge >= 0.3 is 11.9 Å². The van der Waals surface area contributed by atoms with Crippen molar-refractivity contribution in [2.24, 2.45) is 0 Å². The molecule has 0 aromatic heterocycles. The van der Waals surface area contributed by atoms with Crippen molar-refractivity contribution >= 4 is 11.9 Å². The van der Waals surface area contributed by atoms with Gasteiger partial charge in [-0.15, -0.1) is 0 Å². The highest BCUT2D eigenvalue weighted by molar-refractivity contribution is 5.94. The van der Waals surface area contributed by atoms with Crippen LogP contribution in [0.2, 0.25) is 0 Å². The maximum Gasteiger partial charge on any atom is 0.335 e. The molecule has 0 spiro atoms. The SMILES string of the molecule is O=C(O)c1cc(C(=O)O)cc(C2OCCO2)c1. The molecule has 1 saturated heterocycles. The van der Waals surface area contributed by atoms with E-state index in [1.54, 1.807) is 0 Å². The Morgan fingerprint density at radius 2 is 1.47 bits per heavy atom. The third kappa shape index (κ3) is 2.43. The Balaban J connectivity index is 2.43. The second-order valence-corrected chi connectivity index (χ2v) is 3.53. The van der Waals surface area contributed by atoms with Gasteiger partial charge in [-0.25, -0.2) is 9.59 Å². The van der Waals surface area contributed by atoms with Crippen molar-refractivity contribution in [3.63, 3.8) is 0 Å². The van der Waals surface area contributed by atoms with E-state index in [4.69, 9.17) is 19.7 Å². The number of rotatable bonds is 3. The Morgan fingerprint density at radius 3 is 1.88 bits per heavy atom. The molecule has 0 unspecified atom stereocenters. The molecule has 0 radical (unpaired) electrons. The first-order chi connectivity index (χ1) is 8.08. The lowest BCUT2D eigenvalue weighted by atomic mass is 10.1. The molecule has 1 heterocycles. The van der Waals surface area contributed by atoms with Gasteiger partial charge in [-0.05, 0) is 18.2 Å². The van der Waals surface area contributed by atoms with Gasteiger partial charge in [-0.3, -0.25) is 0 Å². The molecule has 2 N–H and O–H groups in total. The van der Waals surface area contributed by atoms with E-state index in [0.29, 0.717) is 18.8 Å². The molecule has 1 aromatic rings. The maximum absolute atomic E-state index is 10.9. The van der Waals surface area contributed by atoms with Crippen LogP contribution in [0.25, 0.3) is 0 Å². The molecular formula is C11H10O6. The normalized spacial score (nSPS) is 16.0. The molecule has 6 heteroatoms. The van der Waals surface area contributed by atoms with E-state index in [9.17, 15) is 9.59 Å². The van der Waals surface area contributed by atoms with Gasteiger partial charge in [-0.2, -0.15) is 0 Å². The minimum atomic E-state index is -1.19. The highest BCUT2D eigenvalue weighted by atomic mass is 16.7. The Bertz CT molecular complexity index is 429. The molecule has 0 bridgehead atoms. The summed E-state index contributed by atoms with van der Waals surface area (Å²) in [5.74, 6) is -2.38. The van der Waals surface area contributed by atoms with E-state index in [2.05, 4.69) is 0 Å². The van der Waals surface area contributed by atoms with Gasteiger partial charge in [0.05, 0.1) is 24.3 Å². The number of hydrogen-bond acceptors (Lipinski definition) is 4. The van der Waals surface area contributed by atoms with Crippen molar-refractivity contribution in [2.45, 2.75) is 6.29 Å². The molecule has 0 atom stereocenters. The summed E-state index contributed by atoms with van der Waals surface area (Å²) in [7, 11) is 0. The van der Waals surface area contributed by atoms with Gasteiger partial charge < -0.3 is 19.7 Å². The summed E-state index contributed by atoms with van der Waals surface area (Å²) in [4.78, 5) is 21.7. The van der Waals surface area contributed by atoms with Crippen LogP contribution in [-0.4, -0.2) is 35.4 Å². The number of carbonyl (C=O) groups is 2. The Hall–Kier alpha value is -1.92. The standard InChI is InChI=1S/C11H10O6/c12-9(13)6-3-7(10(14)15)5-8(4-6)11-16-1-2-17-11/h3-5,11H,1-2H2,(H,12,13)(H,14,15). The van der Waals surface area contributed by atoms with Crippen molar-refractivity contribution in [3.05, 3.63) is 34.9 Å². The Labute approximate surface area is 96.4 Å². The van der Waals surface area contributed by atoms with Crippen molar-refractivity contribution in [1.29, 1.82) is 0 Å². The first-order valence-corrected chi connectivity index (χ1v) is 4.92. The van der Waals surface area contributed by atoms with E-state index in [1.807, 2.05) is 0 Å². The molecule has 1 aliphatic heterocycles. The lowest BCUT2D eigenvalue weighted by Crippen LogP contribution is -2.07. The fourth-order valence-corrected chi connectivity index (χ4v) is 1.59. The minimum absolute atomic E-state index is 0.0981. The molecule has 0 amide bonds. The molecule has 0 aliphatic carbocycles. The van der Waals surface area contributed by atoms with Crippen LogP contribution in [0.15, 0.2) is 18.2 Å². The molecule has 17 heavy (non-hydrogen) atoms. The number of ether oxygens (including phenoxy) is 2. The average molecular weight is 238 g/mol. The monoisotopic (exact) mass is 238 g/mol. The van der Waals surface area contributed by atoms with Crippen LogP contribution in [0.4, 0.5) is 0 Å². The van der Waals surface area contributed by atoms with Gasteiger partial charge in [0, 0.05) is 5.56 Å². The number of hydrogen-bond donors (Lipinski definition) is 2. The lowest BCUT2D eigenvalue weighted by molar-refractivity contribution is -0.0441. The summed E-state index contributed by atoms with van der Waals surface area (Å²) in [6.07, 6.45) is -0.688. The Kier molecular flexibility index (Phi) is 3.08. The van der Waals surface area contributed by atoms with Gasteiger partial charge in [0.1, 0.15) is 0 Å². The van der Waals surface area contributed by atoms with Gasteiger partial charge in [0.15, 0.2) is 6.29 Å². The largest absolute Gasteiger partial charge is 0.478 e. The van der Waals surface area contributed by atoms with E-state index in [1.165, 1.54) is 12.1 Å². The topological polar surface area (TPSA) is 93.1 Å². The van der Waals surface area contributed by atoms with Crippen molar-refractivity contribution < 1.29 is 29.3 Å². The van der Waals surface area contributed by atoms with Crippen molar-refractivity contribution in [1.82, 2.24) is 0 Å².